The third kappa shape index (κ3) is 3.29. The molecule has 2 fully saturated rings. The molecule has 6 heteroatoms. The Balaban J connectivity index is 1.86. The van der Waals surface area contributed by atoms with Crippen molar-refractivity contribution in [3.05, 3.63) is 35.6 Å². The van der Waals surface area contributed by atoms with Crippen LogP contribution >= 0.6 is 0 Å². The largest absolute Gasteiger partial charge is 0.379 e. The van der Waals surface area contributed by atoms with E-state index in [0.717, 1.165) is 6.42 Å². The van der Waals surface area contributed by atoms with Crippen LogP contribution in [0.3, 0.4) is 0 Å². The number of ether oxygens (including phenoxy) is 1. The molecule has 2 aliphatic rings. The monoisotopic (exact) mass is 307 g/mol. The van der Waals surface area contributed by atoms with E-state index in [-0.39, 0.29) is 17.8 Å². The van der Waals surface area contributed by atoms with E-state index in [1.165, 1.54) is 12.1 Å². The molecule has 2 heterocycles. The maximum absolute atomic E-state index is 13.6. The lowest BCUT2D eigenvalue weighted by molar-refractivity contribution is -0.138. The summed E-state index contributed by atoms with van der Waals surface area (Å²) in [6, 6.07) is 5.91. The molecule has 0 unspecified atom stereocenters. The number of carbonyl (C=O) groups excluding carboxylic acids is 1. The van der Waals surface area contributed by atoms with Crippen molar-refractivity contribution in [1.82, 2.24) is 9.80 Å². The number of hydrogen-bond donors (Lipinski definition) is 1. The molecule has 1 aromatic carbocycles. The molecule has 0 saturated carbocycles. The Morgan fingerprint density at radius 1 is 1.32 bits per heavy atom. The van der Waals surface area contributed by atoms with Crippen molar-refractivity contribution in [1.29, 1.82) is 0 Å². The second kappa shape index (κ2) is 6.73. The van der Waals surface area contributed by atoms with Crippen molar-refractivity contribution < 1.29 is 13.9 Å². The van der Waals surface area contributed by atoms with Gasteiger partial charge in [-0.1, -0.05) is 12.1 Å². The highest BCUT2D eigenvalue weighted by molar-refractivity contribution is 5.83. The average Bonchev–Trinajstić information content (AvgIpc) is 2.95. The van der Waals surface area contributed by atoms with Gasteiger partial charge in [-0.2, -0.15) is 0 Å². The maximum Gasteiger partial charge on any atom is 0.244 e. The minimum Gasteiger partial charge on any atom is -0.379 e. The molecule has 1 amide bonds. The molecule has 0 bridgehead atoms. The van der Waals surface area contributed by atoms with Crippen LogP contribution in [0.25, 0.3) is 0 Å². The van der Waals surface area contributed by atoms with Gasteiger partial charge in [0.05, 0.1) is 13.2 Å². The van der Waals surface area contributed by atoms with Crippen molar-refractivity contribution in [2.45, 2.75) is 18.5 Å². The van der Waals surface area contributed by atoms with E-state index >= 15 is 0 Å². The van der Waals surface area contributed by atoms with E-state index in [1.54, 1.807) is 11.0 Å². The van der Waals surface area contributed by atoms with Crippen LogP contribution in [0.4, 0.5) is 4.39 Å². The summed E-state index contributed by atoms with van der Waals surface area (Å²) in [6.07, 6.45) is 0.824. The lowest BCUT2D eigenvalue weighted by Crippen LogP contribution is -2.47. The second-order valence-electron chi connectivity index (χ2n) is 5.94. The topological polar surface area (TPSA) is 58.8 Å². The first-order chi connectivity index (χ1) is 10.6. The molecule has 3 rings (SSSR count). The zero-order chi connectivity index (χ0) is 15.5. The summed E-state index contributed by atoms with van der Waals surface area (Å²) in [6.45, 7) is 3.79. The molecule has 2 aliphatic heterocycles. The van der Waals surface area contributed by atoms with Gasteiger partial charge in [0.25, 0.3) is 0 Å². The highest BCUT2D eigenvalue weighted by Gasteiger charge is 2.35. The van der Waals surface area contributed by atoms with Crippen LogP contribution < -0.4 is 5.73 Å². The third-order valence-electron chi connectivity index (χ3n) is 4.35. The van der Waals surface area contributed by atoms with Crippen LogP contribution in [0, 0.1) is 5.82 Å². The Morgan fingerprint density at radius 2 is 2.09 bits per heavy atom. The van der Waals surface area contributed by atoms with Gasteiger partial charge in [0.1, 0.15) is 11.9 Å². The summed E-state index contributed by atoms with van der Waals surface area (Å²) >= 11 is 0. The smallest absolute Gasteiger partial charge is 0.244 e. The number of morpholine rings is 1. The van der Waals surface area contributed by atoms with Gasteiger partial charge in [-0.15, -0.1) is 0 Å². The Kier molecular flexibility index (Phi) is 4.71. The minimum absolute atomic E-state index is 0.0143. The molecule has 0 radical (unpaired) electrons. The molecule has 0 aliphatic carbocycles. The van der Waals surface area contributed by atoms with Gasteiger partial charge in [-0.05, 0) is 24.1 Å². The lowest BCUT2D eigenvalue weighted by atomic mass is 10.0. The number of carbonyl (C=O) groups is 1. The molecule has 22 heavy (non-hydrogen) atoms. The molecule has 120 valence electrons. The van der Waals surface area contributed by atoms with Crippen LogP contribution in [0.5, 0.6) is 0 Å². The number of amides is 1. The van der Waals surface area contributed by atoms with Crippen LogP contribution in [0.2, 0.25) is 0 Å². The van der Waals surface area contributed by atoms with Gasteiger partial charge < -0.3 is 15.4 Å². The summed E-state index contributed by atoms with van der Waals surface area (Å²) in [5, 5.41) is 0. The Labute approximate surface area is 129 Å². The molecular formula is C16H22FN3O2. The standard InChI is InChI=1S/C16H22FN3O2/c17-13-3-1-2-12(10-13)15(19-6-8-22-9-7-19)16(21)20-5-4-14(18)11-20/h1-3,10,14-15H,4-9,11,18H2/t14-,15+/m0/s1. The summed E-state index contributed by atoms with van der Waals surface area (Å²) in [7, 11) is 0. The minimum atomic E-state index is -0.454. The SMILES string of the molecule is N[C@H]1CCN(C(=O)[C@@H](c2cccc(F)c2)N2CCOCC2)C1. The highest BCUT2D eigenvalue weighted by atomic mass is 19.1. The summed E-state index contributed by atoms with van der Waals surface area (Å²) in [4.78, 5) is 16.8. The predicted molar refractivity (Wildman–Crippen MR) is 80.7 cm³/mol. The Hall–Kier alpha value is -1.50. The number of likely N-dealkylation sites (tertiary alicyclic amines) is 1. The fraction of sp³-hybridized carbons (Fsp3) is 0.562. The second-order valence-corrected chi connectivity index (χ2v) is 5.94. The Bertz CT molecular complexity index is 534. The van der Waals surface area contributed by atoms with E-state index in [4.69, 9.17) is 10.5 Å². The lowest BCUT2D eigenvalue weighted by Gasteiger charge is -2.35. The first kappa shape index (κ1) is 15.4. The molecule has 0 aromatic heterocycles. The molecule has 2 saturated heterocycles. The summed E-state index contributed by atoms with van der Waals surface area (Å²) in [5.41, 5.74) is 6.62. The van der Waals surface area contributed by atoms with E-state index in [0.29, 0.717) is 45.0 Å². The maximum atomic E-state index is 13.6. The van der Waals surface area contributed by atoms with Gasteiger partial charge >= 0.3 is 0 Å². The number of benzene rings is 1. The quantitative estimate of drug-likeness (QED) is 0.896. The van der Waals surface area contributed by atoms with Crippen molar-refractivity contribution in [2.24, 2.45) is 5.73 Å². The Morgan fingerprint density at radius 3 is 2.73 bits per heavy atom. The van der Waals surface area contributed by atoms with Crippen LogP contribution in [-0.4, -0.2) is 61.1 Å². The van der Waals surface area contributed by atoms with Crippen molar-refractivity contribution in [3.8, 4) is 0 Å². The van der Waals surface area contributed by atoms with Crippen molar-refractivity contribution in [2.75, 3.05) is 39.4 Å². The number of rotatable bonds is 3. The normalized spacial score (nSPS) is 24.5. The summed E-state index contributed by atoms with van der Waals surface area (Å²) < 4.78 is 19.0. The average molecular weight is 307 g/mol. The first-order valence-corrected chi connectivity index (χ1v) is 7.77. The predicted octanol–water partition coefficient (Wildman–Crippen LogP) is 0.759. The molecular weight excluding hydrogens is 285 g/mol. The first-order valence-electron chi connectivity index (χ1n) is 7.77. The molecule has 2 atom stereocenters. The fourth-order valence-electron chi connectivity index (χ4n) is 3.18. The van der Waals surface area contributed by atoms with Gasteiger partial charge in [-0.3, -0.25) is 9.69 Å². The van der Waals surface area contributed by atoms with Crippen LogP contribution in [-0.2, 0) is 9.53 Å². The number of nitrogens with two attached hydrogens (primary N) is 1. The van der Waals surface area contributed by atoms with Crippen molar-refractivity contribution in [3.63, 3.8) is 0 Å². The zero-order valence-corrected chi connectivity index (χ0v) is 12.6. The molecule has 2 N–H and O–H groups in total. The highest BCUT2D eigenvalue weighted by Crippen LogP contribution is 2.26. The van der Waals surface area contributed by atoms with Crippen LogP contribution in [0.15, 0.2) is 24.3 Å². The van der Waals surface area contributed by atoms with E-state index in [2.05, 4.69) is 4.90 Å². The number of halogens is 1. The number of hydrogen-bond acceptors (Lipinski definition) is 4. The van der Waals surface area contributed by atoms with Gasteiger partial charge in [0.2, 0.25) is 5.91 Å². The van der Waals surface area contributed by atoms with E-state index in [9.17, 15) is 9.18 Å². The van der Waals surface area contributed by atoms with E-state index in [1.807, 2.05) is 6.07 Å². The molecule has 5 nitrogen and oxygen atoms in total. The molecule has 0 spiro atoms. The van der Waals surface area contributed by atoms with Crippen LogP contribution in [0.1, 0.15) is 18.0 Å². The third-order valence-corrected chi connectivity index (χ3v) is 4.35. The van der Waals surface area contributed by atoms with Gasteiger partial charge in [0.15, 0.2) is 0 Å². The van der Waals surface area contributed by atoms with Crippen molar-refractivity contribution >= 4 is 5.91 Å². The number of nitrogens with zero attached hydrogens (tertiary/aromatic N) is 2. The summed E-state index contributed by atoms with van der Waals surface area (Å²) in [5.74, 6) is -0.304. The zero-order valence-electron chi connectivity index (χ0n) is 12.6. The molecule has 1 aromatic rings. The fourth-order valence-corrected chi connectivity index (χ4v) is 3.18. The van der Waals surface area contributed by atoms with E-state index < -0.39 is 6.04 Å². The van der Waals surface area contributed by atoms with Gasteiger partial charge in [0, 0.05) is 32.2 Å². The van der Waals surface area contributed by atoms with Gasteiger partial charge in [-0.25, -0.2) is 4.39 Å².